The van der Waals surface area contributed by atoms with Gasteiger partial charge in [0.1, 0.15) is 12.6 Å². The first-order valence-electron chi connectivity index (χ1n) is 4.36. The summed E-state index contributed by atoms with van der Waals surface area (Å²) in [5.74, 6) is -0.966. The van der Waals surface area contributed by atoms with Gasteiger partial charge in [-0.25, -0.2) is 4.79 Å². The van der Waals surface area contributed by atoms with Gasteiger partial charge in [0.05, 0.1) is 13.7 Å². The van der Waals surface area contributed by atoms with Gasteiger partial charge in [-0.05, 0) is 0 Å². The molecule has 0 saturated heterocycles. The van der Waals surface area contributed by atoms with Crippen LogP contribution >= 0.6 is 0 Å². The highest BCUT2D eigenvalue weighted by Gasteiger charge is 2.16. The summed E-state index contributed by atoms with van der Waals surface area (Å²) in [6.45, 7) is 6.92. The van der Waals surface area contributed by atoms with Crippen molar-refractivity contribution in [2.75, 3.05) is 20.3 Å². The van der Waals surface area contributed by atoms with Crippen molar-refractivity contribution in [1.29, 1.82) is 0 Å². The molecule has 0 radical (unpaired) electrons. The van der Waals surface area contributed by atoms with Gasteiger partial charge < -0.3 is 9.47 Å². The molecule has 0 aromatic rings. The van der Waals surface area contributed by atoms with Crippen LogP contribution in [0.2, 0.25) is 0 Å². The van der Waals surface area contributed by atoms with Crippen LogP contribution in [0.4, 0.5) is 0 Å². The Kier molecular flexibility index (Phi) is 6.92. The van der Waals surface area contributed by atoms with Gasteiger partial charge in [0.25, 0.3) is 0 Å². The Morgan fingerprint density at radius 1 is 1.47 bits per heavy atom. The maximum absolute atomic E-state index is 11.3. The topological polar surface area (TPSA) is 64.6 Å². The normalized spacial score (nSPS) is 11.3. The highest BCUT2D eigenvalue weighted by atomic mass is 16.5. The molecule has 5 nitrogen and oxygen atoms in total. The molecule has 0 saturated carbocycles. The molecule has 0 spiro atoms. The van der Waals surface area contributed by atoms with Crippen LogP contribution in [0.1, 0.15) is 0 Å². The summed E-state index contributed by atoms with van der Waals surface area (Å²) in [6, 6.07) is -0.718. The first-order valence-corrected chi connectivity index (χ1v) is 4.36. The average Bonchev–Trinajstić information content (AvgIpc) is 2.26. The summed E-state index contributed by atoms with van der Waals surface area (Å²) in [7, 11) is 1.27. The van der Waals surface area contributed by atoms with Crippen LogP contribution in [0.5, 0.6) is 0 Å². The van der Waals surface area contributed by atoms with Crippen molar-refractivity contribution in [1.82, 2.24) is 5.32 Å². The minimum atomic E-state index is -0.718. The lowest BCUT2D eigenvalue weighted by molar-refractivity contribution is -0.144. The molecule has 0 aromatic heterocycles. The van der Waals surface area contributed by atoms with E-state index in [1.165, 1.54) is 19.3 Å². The molecule has 0 fully saturated rings. The number of nitrogens with one attached hydrogen (secondary N) is 1. The van der Waals surface area contributed by atoms with Gasteiger partial charge in [-0.3, -0.25) is 10.1 Å². The van der Waals surface area contributed by atoms with E-state index in [4.69, 9.17) is 4.74 Å². The fourth-order valence-corrected chi connectivity index (χ4v) is 0.759. The van der Waals surface area contributed by atoms with Crippen molar-refractivity contribution in [3.63, 3.8) is 0 Å². The fourth-order valence-electron chi connectivity index (χ4n) is 0.759. The zero-order chi connectivity index (χ0) is 11.7. The van der Waals surface area contributed by atoms with Gasteiger partial charge >= 0.3 is 11.9 Å². The Bertz CT molecular complexity index is 250. The first-order chi connectivity index (χ1) is 7.15. The summed E-state index contributed by atoms with van der Waals surface area (Å²) in [4.78, 5) is 22.1. The molecule has 1 unspecified atom stereocenters. The standard InChI is InChI=1S/C10H15NO4/c1-4-6-15-10(13)8(5-2)11-7-9(12)14-3/h4-5,8,11H,1-2,6-7H2,3H3. The van der Waals surface area contributed by atoms with Crippen molar-refractivity contribution >= 4 is 11.9 Å². The van der Waals surface area contributed by atoms with Gasteiger partial charge in [0.2, 0.25) is 0 Å². The van der Waals surface area contributed by atoms with Gasteiger partial charge in [0, 0.05) is 0 Å². The zero-order valence-corrected chi connectivity index (χ0v) is 8.69. The number of methoxy groups -OCH3 is 1. The van der Waals surface area contributed by atoms with E-state index in [2.05, 4.69) is 23.2 Å². The quantitative estimate of drug-likeness (QED) is 0.477. The second-order valence-corrected chi connectivity index (χ2v) is 2.59. The van der Waals surface area contributed by atoms with E-state index in [-0.39, 0.29) is 13.2 Å². The van der Waals surface area contributed by atoms with E-state index in [0.29, 0.717) is 0 Å². The van der Waals surface area contributed by atoms with E-state index in [9.17, 15) is 9.59 Å². The SMILES string of the molecule is C=CCOC(=O)C(C=C)NCC(=O)OC. The second-order valence-electron chi connectivity index (χ2n) is 2.59. The molecule has 0 aliphatic rings. The Balaban J connectivity index is 4.00. The molecule has 0 aromatic carbocycles. The smallest absolute Gasteiger partial charge is 0.327 e. The lowest BCUT2D eigenvalue weighted by Gasteiger charge is -2.12. The minimum absolute atomic E-state index is 0.0730. The molecule has 0 rings (SSSR count). The van der Waals surface area contributed by atoms with Crippen LogP contribution in [0.25, 0.3) is 0 Å². The fraction of sp³-hybridized carbons (Fsp3) is 0.400. The van der Waals surface area contributed by atoms with Crippen LogP contribution in [0.3, 0.4) is 0 Å². The molecule has 0 heterocycles. The third-order valence-corrected chi connectivity index (χ3v) is 1.53. The van der Waals surface area contributed by atoms with E-state index in [1.807, 2.05) is 0 Å². The number of carbonyl (C=O) groups is 2. The van der Waals surface area contributed by atoms with Crippen molar-refractivity contribution < 1.29 is 19.1 Å². The highest BCUT2D eigenvalue weighted by Crippen LogP contribution is 1.91. The van der Waals surface area contributed by atoms with Gasteiger partial charge in [0.15, 0.2) is 0 Å². The van der Waals surface area contributed by atoms with Crippen LogP contribution in [0, 0.1) is 0 Å². The first kappa shape index (κ1) is 13.4. The molecule has 1 N–H and O–H groups in total. The molecule has 0 amide bonds. The van der Waals surface area contributed by atoms with Crippen LogP contribution in [-0.4, -0.2) is 38.2 Å². The lowest BCUT2D eigenvalue weighted by atomic mass is 10.3. The largest absolute Gasteiger partial charge is 0.468 e. The summed E-state index contributed by atoms with van der Waals surface area (Å²) in [5, 5.41) is 2.63. The van der Waals surface area contributed by atoms with Gasteiger partial charge in [-0.2, -0.15) is 0 Å². The van der Waals surface area contributed by atoms with Crippen LogP contribution < -0.4 is 5.32 Å². The van der Waals surface area contributed by atoms with E-state index in [0.717, 1.165) is 0 Å². The van der Waals surface area contributed by atoms with E-state index >= 15 is 0 Å². The Hall–Kier alpha value is -1.62. The summed E-state index contributed by atoms with van der Waals surface area (Å²) >= 11 is 0. The number of hydrogen-bond donors (Lipinski definition) is 1. The maximum atomic E-state index is 11.3. The van der Waals surface area contributed by atoms with Crippen LogP contribution in [0.15, 0.2) is 25.3 Å². The molecular weight excluding hydrogens is 198 g/mol. The molecule has 84 valence electrons. The predicted molar refractivity (Wildman–Crippen MR) is 55.2 cm³/mol. The molecule has 15 heavy (non-hydrogen) atoms. The van der Waals surface area contributed by atoms with Gasteiger partial charge in [-0.1, -0.05) is 18.7 Å². The third kappa shape index (κ3) is 5.64. The number of hydrogen-bond acceptors (Lipinski definition) is 5. The number of carbonyl (C=O) groups excluding carboxylic acids is 2. The summed E-state index contributed by atoms with van der Waals surface area (Å²) in [5.41, 5.74) is 0. The Morgan fingerprint density at radius 2 is 2.13 bits per heavy atom. The monoisotopic (exact) mass is 213 g/mol. The van der Waals surface area contributed by atoms with Crippen molar-refractivity contribution in [3.8, 4) is 0 Å². The van der Waals surface area contributed by atoms with Crippen molar-refractivity contribution in [3.05, 3.63) is 25.3 Å². The molecule has 0 bridgehead atoms. The highest BCUT2D eigenvalue weighted by molar-refractivity contribution is 5.79. The number of rotatable bonds is 7. The minimum Gasteiger partial charge on any atom is -0.468 e. The second kappa shape index (κ2) is 7.75. The number of esters is 2. The Morgan fingerprint density at radius 3 is 2.60 bits per heavy atom. The lowest BCUT2D eigenvalue weighted by Crippen LogP contribution is -2.39. The van der Waals surface area contributed by atoms with Crippen molar-refractivity contribution in [2.24, 2.45) is 0 Å². The van der Waals surface area contributed by atoms with Crippen molar-refractivity contribution in [2.45, 2.75) is 6.04 Å². The van der Waals surface area contributed by atoms with Crippen LogP contribution in [-0.2, 0) is 19.1 Å². The van der Waals surface area contributed by atoms with E-state index in [1.54, 1.807) is 0 Å². The van der Waals surface area contributed by atoms with Gasteiger partial charge in [-0.15, -0.1) is 6.58 Å². The molecule has 5 heteroatoms. The summed E-state index contributed by atoms with van der Waals surface area (Å²) < 4.78 is 9.17. The number of ether oxygens (including phenoxy) is 2. The zero-order valence-electron chi connectivity index (χ0n) is 8.69. The Labute approximate surface area is 88.7 Å². The molecular formula is C10H15NO4. The molecule has 0 aliphatic heterocycles. The predicted octanol–water partition coefficient (Wildman–Crippen LogP) is 0.0328. The summed E-state index contributed by atoms with van der Waals surface area (Å²) in [6.07, 6.45) is 2.81. The van der Waals surface area contributed by atoms with E-state index < -0.39 is 18.0 Å². The molecule has 1 atom stereocenters. The maximum Gasteiger partial charge on any atom is 0.327 e. The third-order valence-electron chi connectivity index (χ3n) is 1.53. The average molecular weight is 213 g/mol. The molecule has 0 aliphatic carbocycles.